The van der Waals surface area contributed by atoms with Gasteiger partial charge in [-0.15, -0.1) is 0 Å². The molecule has 0 radical (unpaired) electrons. The number of hydrogen-bond donors (Lipinski definition) is 1. The van der Waals surface area contributed by atoms with Crippen molar-refractivity contribution < 1.29 is 27.5 Å². The highest BCUT2D eigenvalue weighted by atomic mass is 32.2. The van der Waals surface area contributed by atoms with E-state index >= 15 is 0 Å². The Labute approximate surface area is 212 Å². The molecule has 0 spiro atoms. The van der Waals surface area contributed by atoms with Gasteiger partial charge in [-0.05, 0) is 63.9 Å². The maximum absolute atomic E-state index is 12.9. The number of carboxylic acid groups (broad SMARTS) is 1. The first-order chi connectivity index (χ1) is 17.0. The molecular weight excluding hydrogens is 482 g/mol. The summed E-state index contributed by atoms with van der Waals surface area (Å²) in [6, 6.07) is 14.9. The van der Waals surface area contributed by atoms with E-state index < -0.39 is 22.7 Å². The number of rotatable bonds is 12. The zero-order chi connectivity index (χ0) is 26.5. The highest BCUT2D eigenvalue weighted by molar-refractivity contribution is 7.86. The van der Waals surface area contributed by atoms with Gasteiger partial charge >= 0.3 is 5.97 Å². The Bertz CT molecular complexity index is 1290. The van der Waals surface area contributed by atoms with Gasteiger partial charge in [0.25, 0.3) is 10.2 Å². The van der Waals surface area contributed by atoms with Crippen LogP contribution in [0.25, 0.3) is 11.5 Å². The Morgan fingerprint density at radius 1 is 1.14 bits per heavy atom. The molecule has 0 saturated heterocycles. The van der Waals surface area contributed by atoms with Crippen molar-refractivity contribution in [1.82, 2.24) is 13.6 Å². The van der Waals surface area contributed by atoms with Gasteiger partial charge in [0.05, 0.1) is 0 Å². The first kappa shape index (κ1) is 27.4. The smallest absolute Gasteiger partial charge is 0.318 e. The Morgan fingerprint density at radius 3 is 2.47 bits per heavy atom. The Hall–Kier alpha value is -3.21. The highest BCUT2D eigenvalue weighted by Gasteiger charge is 2.30. The molecule has 3 aromatic rings. The van der Waals surface area contributed by atoms with Crippen molar-refractivity contribution in [3.63, 3.8) is 0 Å². The van der Waals surface area contributed by atoms with Crippen molar-refractivity contribution in [1.29, 1.82) is 0 Å². The van der Waals surface area contributed by atoms with Crippen molar-refractivity contribution >= 4 is 16.2 Å². The summed E-state index contributed by atoms with van der Waals surface area (Å²) in [5, 5.41) is 9.24. The van der Waals surface area contributed by atoms with Gasteiger partial charge in [0.2, 0.25) is 5.89 Å². The van der Waals surface area contributed by atoms with Gasteiger partial charge in [-0.1, -0.05) is 29.8 Å². The van der Waals surface area contributed by atoms with Crippen LogP contribution in [0.15, 0.2) is 52.9 Å². The number of aliphatic carboxylic acids is 1. The van der Waals surface area contributed by atoms with Gasteiger partial charge in [-0.3, -0.25) is 4.79 Å². The second-order valence-electron chi connectivity index (χ2n) is 8.92. The average Bonchev–Trinajstić information content (AvgIpc) is 3.20. The average molecular weight is 516 g/mol. The van der Waals surface area contributed by atoms with E-state index in [0.717, 1.165) is 21.0 Å². The van der Waals surface area contributed by atoms with Gasteiger partial charge in [0, 0.05) is 25.2 Å². The molecule has 1 N–H and O–H groups in total. The quantitative estimate of drug-likeness (QED) is 0.387. The summed E-state index contributed by atoms with van der Waals surface area (Å²) >= 11 is 0. The van der Waals surface area contributed by atoms with Crippen LogP contribution in [-0.2, 0) is 28.0 Å². The van der Waals surface area contributed by atoms with Crippen LogP contribution in [0, 0.1) is 13.8 Å². The molecule has 36 heavy (non-hydrogen) atoms. The Kier molecular flexibility index (Phi) is 8.89. The van der Waals surface area contributed by atoms with Gasteiger partial charge in [0.1, 0.15) is 30.4 Å². The minimum atomic E-state index is -3.91. The fourth-order valence-electron chi connectivity index (χ4n) is 3.45. The van der Waals surface area contributed by atoms with E-state index in [9.17, 15) is 18.3 Å². The second-order valence-corrected chi connectivity index (χ2v) is 10.9. The number of carbonyl (C=O) groups is 1. The minimum Gasteiger partial charge on any atom is -0.487 e. The lowest BCUT2D eigenvalue weighted by Crippen LogP contribution is -2.47. The van der Waals surface area contributed by atoms with E-state index in [0.29, 0.717) is 29.5 Å². The molecule has 2 aromatic carbocycles. The van der Waals surface area contributed by atoms with Crippen LogP contribution < -0.4 is 4.74 Å². The summed E-state index contributed by atoms with van der Waals surface area (Å²) < 4.78 is 39.6. The molecule has 1 aromatic heterocycles. The largest absolute Gasteiger partial charge is 0.487 e. The molecule has 9 nitrogen and oxygen atoms in total. The van der Waals surface area contributed by atoms with Crippen molar-refractivity contribution in [2.75, 3.05) is 20.1 Å². The second kappa shape index (κ2) is 11.7. The first-order valence-electron chi connectivity index (χ1n) is 11.7. The molecule has 0 aliphatic rings. The topological polar surface area (TPSA) is 113 Å². The predicted molar refractivity (Wildman–Crippen MR) is 137 cm³/mol. The summed E-state index contributed by atoms with van der Waals surface area (Å²) in [6.45, 7) is 6.95. The van der Waals surface area contributed by atoms with Crippen LogP contribution in [0.5, 0.6) is 5.75 Å². The van der Waals surface area contributed by atoms with Crippen molar-refractivity contribution in [2.24, 2.45) is 0 Å². The summed E-state index contributed by atoms with van der Waals surface area (Å²) in [5.74, 6) is 0.594. The number of hydrogen-bond acceptors (Lipinski definition) is 6. The van der Waals surface area contributed by atoms with Crippen LogP contribution >= 0.6 is 0 Å². The molecule has 0 unspecified atom stereocenters. The highest BCUT2D eigenvalue weighted by Crippen LogP contribution is 2.24. The van der Waals surface area contributed by atoms with E-state index in [2.05, 4.69) is 4.98 Å². The zero-order valence-electron chi connectivity index (χ0n) is 21.3. The molecule has 0 saturated carbocycles. The predicted octanol–water partition coefficient (Wildman–Crippen LogP) is 4.05. The van der Waals surface area contributed by atoms with Crippen LogP contribution in [0.4, 0.5) is 0 Å². The van der Waals surface area contributed by atoms with Gasteiger partial charge < -0.3 is 14.3 Å². The third kappa shape index (κ3) is 6.93. The summed E-state index contributed by atoms with van der Waals surface area (Å²) in [6.07, 6.45) is 0.330. The normalized spacial score (nSPS) is 12.0. The molecule has 0 amide bonds. The molecule has 1 heterocycles. The van der Waals surface area contributed by atoms with Gasteiger partial charge in [-0.25, -0.2) is 4.98 Å². The van der Waals surface area contributed by atoms with E-state index in [1.165, 1.54) is 11.4 Å². The number of nitrogens with zero attached hydrogens (tertiary/aromatic N) is 3. The molecular formula is C26H33N3O6S. The number of aromatic nitrogens is 1. The monoisotopic (exact) mass is 515 g/mol. The van der Waals surface area contributed by atoms with Crippen LogP contribution in [0.3, 0.4) is 0 Å². The zero-order valence-corrected chi connectivity index (χ0v) is 22.1. The number of aryl methyl sites for hydroxylation is 2. The fraction of sp³-hybridized carbons (Fsp3) is 0.385. The van der Waals surface area contributed by atoms with E-state index in [4.69, 9.17) is 9.15 Å². The van der Waals surface area contributed by atoms with E-state index in [1.807, 2.05) is 56.3 Å². The SMILES string of the molecule is Cc1ccc(-c2nc(COc3cccc(CCN(CC(=O)O)S(=O)(=O)N(C)C(C)C)c3)c(C)o2)cc1. The summed E-state index contributed by atoms with van der Waals surface area (Å²) in [5.41, 5.74) is 3.55. The lowest BCUT2D eigenvalue weighted by atomic mass is 10.1. The minimum absolute atomic E-state index is 0.0252. The number of oxazole rings is 1. The molecule has 3 rings (SSSR count). The van der Waals surface area contributed by atoms with Crippen molar-refractivity contribution in [2.45, 2.75) is 46.8 Å². The molecule has 0 atom stereocenters. The molecule has 0 fully saturated rings. The van der Waals surface area contributed by atoms with Crippen LogP contribution in [-0.4, -0.2) is 59.3 Å². The van der Waals surface area contributed by atoms with Crippen molar-refractivity contribution in [3.05, 3.63) is 71.1 Å². The summed E-state index contributed by atoms with van der Waals surface area (Å²) in [4.78, 5) is 15.9. The number of carboxylic acids is 1. The molecule has 0 aliphatic carbocycles. The lowest BCUT2D eigenvalue weighted by Gasteiger charge is -2.28. The molecule has 0 bridgehead atoms. The lowest BCUT2D eigenvalue weighted by molar-refractivity contribution is -0.137. The van der Waals surface area contributed by atoms with Crippen molar-refractivity contribution in [3.8, 4) is 17.2 Å². The maximum atomic E-state index is 12.9. The molecule has 10 heteroatoms. The van der Waals surface area contributed by atoms with Crippen LogP contribution in [0.1, 0.15) is 36.4 Å². The Balaban J connectivity index is 1.67. The maximum Gasteiger partial charge on any atom is 0.318 e. The van der Waals surface area contributed by atoms with Gasteiger partial charge in [0.15, 0.2) is 0 Å². The molecule has 0 aliphatic heterocycles. The number of benzene rings is 2. The summed E-state index contributed by atoms with van der Waals surface area (Å²) in [7, 11) is -2.47. The van der Waals surface area contributed by atoms with E-state index in [-0.39, 0.29) is 19.2 Å². The van der Waals surface area contributed by atoms with Crippen LogP contribution in [0.2, 0.25) is 0 Å². The Morgan fingerprint density at radius 2 is 1.83 bits per heavy atom. The van der Waals surface area contributed by atoms with Gasteiger partial charge in [-0.2, -0.15) is 17.0 Å². The first-order valence-corrected chi connectivity index (χ1v) is 13.1. The standard InChI is InChI=1S/C26H33N3O6S/c1-18(2)28(5)36(32,33)29(16-25(30)31)14-13-21-7-6-8-23(15-21)34-17-24-20(4)35-26(27-24)22-11-9-19(3)10-12-22/h6-12,15,18H,13-14,16-17H2,1-5H3,(H,30,31). The molecule has 194 valence electrons. The fourth-order valence-corrected chi connectivity index (χ4v) is 4.95. The third-order valence-electron chi connectivity index (χ3n) is 5.84. The number of ether oxygens (including phenoxy) is 1. The van der Waals surface area contributed by atoms with E-state index in [1.54, 1.807) is 19.9 Å². The third-order valence-corrected chi connectivity index (χ3v) is 7.96.